The monoisotopic (exact) mass is 669 g/mol. The van der Waals surface area contributed by atoms with Crippen molar-refractivity contribution in [2.45, 2.75) is 148 Å². The quantitative estimate of drug-likeness (QED) is 0.338. The SMILES string of the molecule is CC[C@H]1OC(=O)[C@H](C)[C@@H](O)[C@H](C)[C@@H](O[C@@H]2O[C@H](C)CC[C@H]2OC(=O)c2cc(C)nn2C)[C@](C)(O)C[C@@H](C)CN(C)[C@H](C)[C@@H](O)[C@]1(C)O. The zero-order valence-corrected chi connectivity index (χ0v) is 30.0. The molecule has 0 radical (unpaired) electrons. The van der Waals surface area contributed by atoms with E-state index in [9.17, 15) is 30.0 Å². The fourth-order valence-electron chi connectivity index (χ4n) is 7.24. The minimum Gasteiger partial charge on any atom is -0.459 e. The first-order valence-electron chi connectivity index (χ1n) is 16.9. The molecule has 3 heterocycles. The van der Waals surface area contributed by atoms with E-state index in [2.05, 4.69) is 5.10 Å². The van der Waals surface area contributed by atoms with Gasteiger partial charge >= 0.3 is 11.9 Å². The van der Waals surface area contributed by atoms with Gasteiger partial charge in [0.2, 0.25) is 0 Å². The number of aryl methyl sites for hydroxylation is 2. The number of ether oxygens (including phenoxy) is 4. The maximum atomic E-state index is 13.4. The van der Waals surface area contributed by atoms with E-state index in [0.29, 0.717) is 25.1 Å². The van der Waals surface area contributed by atoms with Crippen molar-refractivity contribution in [2.24, 2.45) is 24.8 Å². The Bertz CT molecular complexity index is 1200. The Kier molecular flexibility index (Phi) is 13.1. The molecule has 0 aromatic carbocycles. The molecule has 1 aromatic rings. The number of carbonyl (C=O) groups is 2. The van der Waals surface area contributed by atoms with Crippen LogP contribution in [0, 0.1) is 24.7 Å². The normalized spacial score (nSPS) is 41.9. The number of nitrogens with zero attached hydrogens (tertiary/aromatic N) is 3. The fourth-order valence-corrected chi connectivity index (χ4v) is 7.24. The van der Waals surface area contributed by atoms with Crippen LogP contribution < -0.4 is 0 Å². The van der Waals surface area contributed by atoms with Crippen LogP contribution in [-0.4, -0.2) is 121 Å². The molecule has 4 N–H and O–H groups in total. The second kappa shape index (κ2) is 15.6. The van der Waals surface area contributed by atoms with Gasteiger partial charge in [0.05, 0.1) is 35.5 Å². The summed E-state index contributed by atoms with van der Waals surface area (Å²) in [6.45, 7) is 15.9. The molecule has 0 bridgehead atoms. The van der Waals surface area contributed by atoms with Gasteiger partial charge in [0.25, 0.3) is 0 Å². The Morgan fingerprint density at radius 3 is 2.32 bits per heavy atom. The van der Waals surface area contributed by atoms with Crippen LogP contribution in [0.25, 0.3) is 0 Å². The van der Waals surface area contributed by atoms with Gasteiger partial charge < -0.3 is 44.3 Å². The summed E-state index contributed by atoms with van der Waals surface area (Å²) in [4.78, 5) is 28.5. The van der Waals surface area contributed by atoms with E-state index < -0.39 is 77.8 Å². The van der Waals surface area contributed by atoms with Gasteiger partial charge in [0.15, 0.2) is 12.4 Å². The Balaban J connectivity index is 1.99. The average Bonchev–Trinajstić information content (AvgIpc) is 3.33. The Labute approximate surface area is 279 Å². The molecule has 2 fully saturated rings. The molecule has 0 saturated carbocycles. The Morgan fingerprint density at radius 2 is 1.74 bits per heavy atom. The molecule has 270 valence electrons. The molecule has 0 amide bonds. The number of rotatable bonds is 5. The molecular formula is C34H59N3O10. The minimum atomic E-state index is -1.77. The molecule has 2 saturated heterocycles. The van der Waals surface area contributed by atoms with Crippen molar-refractivity contribution in [3.63, 3.8) is 0 Å². The molecule has 3 rings (SSSR count). The van der Waals surface area contributed by atoms with Crippen LogP contribution >= 0.6 is 0 Å². The molecule has 2 aliphatic rings. The van der Waals surface area contributed by atoms with Gasteiger partial charge in [-0.05, 0) is 86.3 Å². The van der Waals surface area contributed by atoms with Gasteiger partial charge in [0.1, 0.15) is 23.5 Å². The third kappa shape index (κ3) is 9.11. The van der Waals surface area contributed by atoms with Crippen LogP contribution in [0.5, 0.6) is 0 Å². The Hall–Kier alpha value is -2.13. The number of cyclic esters (lactones) is 1. The molecule has 0 unspecified atom stereocenters. The van der Waals surface area contributed by atoms with Crippen molar-refractivity contribution in [2.75, 3.05) is 13.6 Å². The summed E-state index contributed by atoms with van der Waals surface area (Å²) < 4.78 is 25.8. The summed E-state index contributed by atoms with van der Waals surface area (Å²) in [6.07, 6.45) is -5.32. The van der Waals surface area contributed by atoms with Crippen LogP contribution in [0.1, 0.15) is 97.3 Å². The number of aromatic nitrogens is 2. The van der Waals surface area contributed by atoms with Gasteiger partial charge in [-0.2, -0.15) is 5.10 Å². The number of esters is 2. The van der Waals surface area contributed by atoms with Crippen molar-refractivity contribution in [3.8, 4) is 0 Å². The van der Waals surface area contributed by atoms with Crippen molar-refractivity contribution < 1.29 is 49.0 Å². The number of likely N-dealkylation sites (N-methyl/N-ethyl adjacent to an activating group) is 1. The summed E-state index contributed by atoms with van der Waals surface area (Å²) in [5.41, 5.74) is -2.38. The van der Waals surface area contributed by atoms with Crippen LogP contribution in [-0.2, 0) is 30.8 Å². The van der Waals surface area contributed by atoms with Crippen molar-refractivity contribution >= 4 is 11.9 Å². The predicted molar refractivity (Wildman–Crippen MR) is 173 cm³/mol. The van der Waals surface area contributed by atoms with Crippen LogP contribution in [0.2, 0.25) is 0 Å². The summed E-state index contributed by atoms with van der Waals surface area (Å²) in [5, 5.41) is 50.6. The van der Waals surface area contributed by atoms with E-state index in [1.54, 1.807) is 47.7 Å². The topological polar surface area (TPSA) is 173 Å². The highest BCUT2D eigenvalue weighted by molar-refractivity contribution is 5.87. The number of aliphatic hydroxyl groups is 4. The molecule has 13 atom stereocenters. The molecule has 0 aliphatic carbocycles. The summed E-state index contributed by atoms with van der Waals surface area (Å²) >= 11 is 0. The Morgan fingerprint density at radius 1 is 1.11 bits per heavy atom. The lowest BCUT2D eigenvalue weighted by atomic mass is 9.78. The number of hydrogen-bond donors (Lipinski definition) is 4. The second-order valence-corrected chi connectivity index (χ2v) is 14.7. The summed E-state index contributed by atoms with van der Waals surface area (Å²) in [7, 11) is 3.48. The van der Waals surface area contributed by atoms with Crippen molar-refractivity contribution in [1.29, 1.82) is 0 Å². The predicted octanol–water partition coefficient (Wildman–Crippen LogP) is 2.34. The molecule has 0 spiro atoms. The highest BCUT2D eigenvalue weighted by atomic mass is 16.7. The van der Waals surface area contributed by atoms with Crippen molar-refractivity contribution in [1.82, 2.24) is 14.7 Å². The maximum absolute atomic E-state index is 13.4. The maximum Gasteiger partial charge on any atom is 0.357 e. The standard InChI is InChI=1S/C34H59N3O10/c1-12-26-34(9,43)28(39)23(7)36(10)17-18(2)16-33(8,42)29(21(5)27(38)22(6)30(40)46-26)47-32-25(14-13-20(4)44-32)45-31(41)24-15-19(3)35-37(24)11/h15,18,20-23,25-29,32,38-39,42-43H,12-14,16-17H2,1-11H3/t18-,20-,21+,22-,23-,25-,26-,27+,28-,29-,32+,33-,34-/m1/s1. The molecule has 47 heavy (non-hydrogen) atoms. The zero-order valence-electron chi connectivity index (χ0n) is 30.0. The van der Waals surface area contributed by atoms with E-state index in [1.807, 2.05) is 25.8 Å². The molecule has 2 aliphatic heterocycles. The second-order valence-electron chi connectivity index (χ2n) is 14.7. The number of hydrogen-bond acceptors (Lipinski definition) is 12. The third-order valence-corrected chi connectivity index (χ3v) is 10.2. The van der Waals surface area contributed by atoms with Gasteiger partial charge in [-0.15, -0.1) is 0 Å². The van der Waals surface area contributed by atoms with E-state index in [4.69, 9.17) is 18.9 Å². The first-order chi connectivity index (χ1) is 21.7. The van der Waals surface area contributed by atoms with E-state index in [-0.39, 0.29) is 30.6 Å². The third-order valence-electron chi connectivity index (χ3n) is 10.2. The van der Waals surface area contributed by atoms with Crippen LogP contribution in [0.4, 0.5) is 0 Å². The van der Waals surface area contributed by atoms with E-state index in [1.165, 1.54) is 18.5 Å². The van der Waals surface area contributed by atoms with Gasteiger partial charge in [-0.25, -0.2) is 4.79 Å². The van der Waals surface area contributed by atoms with Gasteiger partial charge in [-0.3, -0.25) is 9.48 Å². The lowest BCUT2D eigenvalue weighted by molar-refractivity contribution is -0.289. The molecule has 13 heteroatoms. The highest BCUT2D eigenvalue weighted by Crippen LogP contribution is 2.36. The molecular weight excluding hydrogens is 610 g/mol. The van der Waals surface area contributed by atoms with Crippen molar-refractivity contribution in [3.05, 3.63) is 17.5 Å². The molecule has 13 nitrogen and oxygen atoms in total. The fraction of sp³-hybridized carbons (Fsp3) is 0.853. The lowest BCUT2D eigenvalue weighted by Crippen LogP contribution is -2.59. The largest absolute Gasteiger partial charge is 0.459 e. The molecule has 1 aromatic heterocycles. The summed E-state index contributed by atoms with van der Waals surface area (Å²) in [6, 6.07) is 1.11. The van der Waals surface area contributed by atoms with E-state index in [0.717, 1.165) is 0 Å². The van der Waals surface area contributed by atoms with E-state index >= 15 is 0 Å². The first kappa shape index (κ1) is 39.3. The average molecular weight is 670 g/mol. The lowest BCUT2D eigenvalue weighted by Gasteiger charge is -2.45. The minimum absolute atomic E-state index is 0.139. The first-order valence-corrected chi connectivity index (χ1v) is 16.9. The smallest absolute Gasteiger partial charge is 0.357 e. The van der Waals surface area contributed by atoms with Crippen LogP contribution in [0.15, 0.2) is 6.07 Å². The number of aliphatic hydroxyl groups excluding tert-OH is 2. The zero-order chi connectivity index (χ0) is 35.6. The summed E-state index contributed by atoms with van der Waals surface area (Å²) in [5.74, 6) is -3.39. The van der Waals surface area contributed by atoms with Crippen LogP contribution in [0.3, 0.4) is 0 Å². The highest BCUT2D eigenvalue weighted by Gasteiger charge is 2.49. The van der Waals surface area contributed by atoms with Gasteiger partial charge in [0, 0.05) is 25.6 Å². The number of carbonyl (C=O) groups excluding carboxylic acids is 2. The van der Waals surface area contributed by atoms with Gasteiger partial charge in [-0.1, -0.05) is 20.8 Å².